The highest BCUT2D eigenvalue weighted by atomic mass is 35.7. The van der Waals surface area contributed by atoms with Crippen molar-refractivity contribution in [1.29, 1.82) is 0 Å². The molecular formula is C13H23ClN2O4S. The molecule has 21 heavy (non-hydrogen) atoms. The fourth-order valence-electron chi connectivity index (χ4n) is 3.00. The summed E-state index contributed by atoms with van der Waals surface area (Å²) in [6.07, 6.45) is 2.07. The van der Waals surface area contributed by atoms with Crippen LogP contribution in [-0.4, -0.2) is 55.5 Å². The number of halogens is 1. The SMILES string of the molecule is CC(C)(C)OC(=O)N1CCC2(CCN(S(=O)(=O)Cl)CC2)C1. The van der Waals surface area contributed by atoms with E-state index < -0.39 is 14.8 Å². The molecule has 2 aliphatic heterocycles. The average Bonchev–Trinajstić information content (AvgIpc) is 2.70. The molecule has 2 rings (SSSR count). The van der Waals surface area contributed by atoms with Crippen molar-refractivity contribution in [3.05, 3.63) is 0 Å². The Morgan fingerprint density at radius 2 is 1.67 bits per heavy atom. The Hall–Kier alpha value is -0.530. The molecule has 0 aromatic rings. The van der Waals surface area contributed by atoms with Gasteiger partial charge in [0.1, 0.15) is 5.60 Å². The molecule has 2 heterocycles. The average molecular weight is 339 g/mol. The van der Waals surface area contributed by atoms with Gasteiger partial charge in [0.05, 0.1) is 0 Å². The van der Waals surface area contributed by atoms with Crippen molar-refractivity contribution < 1.29 is 17.9 Å². The molecule has 0 radical (unpaired) electrons. The van der Waals surface area contributed by atoms with Crippen molar-refractivity contribution in [1.82, 2.24) is 9.21 Å². The van der Waals surface area contributed by atoms with Crippen molar-refractivity contribution in [2.24, 2.45) is 5.41 Å². The number of hydrogen-bond acceptors (Lipinski definition) is 4. The van der Waals surface area contributed by atoms with Crippen LogP contribution in [0, 0.1) is 5.41 Å². The molecule has 0 unspecified atom stereocenters. The number of likely N-dealkylation sites (tertiary alicyclic amines) is 1. The maximum Gasteiger partial charge on any atom is 0.410 e. The van der Waals surface area contributed by atoms with Gasteiger partial charge in [0.15, 0.2) is 0 Å². The first-order valence-corrected chi connectivity index (χ1v) is 9.45. The normalized spacial score (nSPS) is 23.5. The van der Waals surface area contributed by atoms with Crippen LogP contribution < -0.4 is 0 Å². The molecule has 6 nitrogen and oxygen atoms in total. The minimum absolute atomic E-state index is 0.00891. The van der Waals surface area contributed by atoms with Gasteiger partial charge in [-0.05, 0) is 45.4 Å². The number of ether oxygens (including phenoxy) is 1. The van der Waals surface area contributed by atoms with Gasteiger partial charge in [-0.1, -0.05) is 0 Å². The van der Waals surface area contributed by atoms with E-state index in [1.807, 2.05) is 20.8 Å². The predicted molar refractivity (Wildman–Crippen MR) is 80.4 cm³/mol. The van der Waals surface area contributed by atoms with Crippen molar-refractivity contribution in [2.75, 3.05) is 26.2 Å². The summed E-state index contributed by atoms with van der Waals surface area (Å²) in [5.74, 6) is 0. The lowest BCUT2D eigenvalue weighted by atomic mass is 9.78. The van der Waals surface area contributed by atoms with Crippen LogP contribution >= 0.6 is 10.7 Å². The van der Waals surface area contributed by atoms with Crippen LogP contribution in [0.1, 0.15) is 40.0 Å². The van der Waals surface area contributed by atoms with Gasteiger partial charge in [-0.15, -0.1) is 0 Å². The zero-order valence-electron chi connectivity index (χ0n) is 12.8. The Morgan fingerprint density at radius 3 is 2.14 bits per heavy atom. The van der Waals surface area contributed by atoms with Crippen LogP contribution in [0.5, 0.6) is 0 Å². The van der Waals surface area contributed by atoms with E-state index in [-0.39, 0.29) is 11.5 Å². The molecule has 0 aliphatic carbocycles. The van der Waals surface area contributed by atoms with Crippen molar-refractivity contribution in [2.45, 2.75) is 45.6 Å². The third-order valence-corrected chi connectivity index (χ3v) is 5.75. The molecular weight excluding hydrogens is 316 g/mol. The summed E-state index contributed by atoms with van der Waals surface area (Å²) in [6.45, 7) is 7.70. The van der Waals surface area contributed by atoms with E-state index in [2.05, 4.69) is 0 Å². The zero-order valence-corrected chi connectivity index (χ0v) is 14.3. The summed E-state index contributed by atoms with van der Waals surface area (Å²) in [7, 11) is 1.75. The second kappa shape index (κ2) is 5.59. The maximum atomic E-state index is 12.1. The summed E-state index contributed by atoms with van der Waals surface area (Å²) in [5.41, 5.74) is -0.488. The Balaban J connectivity index is 1.93. The first kappa shape index (κ1) is 16.8. The lowest BCUT2D eigenvalue weighted by Crippen LogP contribution is -2.43. The molecule has 2 fully saturated rings. The quantitative estimate of drug-likeness (QED) is 0.687. The Kier molecular flexibility index (Phi) is 4.48. The van der Waals surface area contributed by atoms with E-state index in [1.54, 1.807) is 4.90 Å². The molecule has 1 amide bonds. The Morgan fingerprint density at radius 1 is 1.14 bits per heavy atom. The summed E-state index contributed by atoms with van der Waals surface area (Å²) in [4.78, 5) is 13.8. The van der Waals surface area contributed by atoms with Gasteiger partial charge in [-0.25, -0.2) is 4.79 Å². The highest BCUT2D eigenvalue weighted by Gasteiger charge is 2.44. The lowest BCUT2D eigenvalue weighted by Gasteiger charge is -2.37. The molecule has 0 aromatic heterocycles. The van der Waals surface area contributed by atoms with E-state index in [1.165, 1.54) is 4.31 Å². The largest absolute Gasteiger partial charge is 0.444 e. The van der Waals surface area contributed by atoms with E-state index in [4.69, 9.17) is 15.4 Å². The minimum atomic E-state index is -3.63. The molecule has 1 spiro atoms. The monoisotopic (exact) mass is 338 g/mol. The molecule has 2 aliphatic rings. The fraction of sp³-hybridized carbons (Fsp3) is 0.923. The fourth-order valence-corrected chi connectivity index (χ4v) is 4.04. The number of amides is 1. The first-order valence-electron chi connectivity index (χ1n) is 7.19. The second-order valence-electron chi connectivity index (χ2n) is 6.99. The first-order chi connectivity index (χ1) is 9.51. The topological polar surface area (TPSA) is 66.9 Å². The lowest BCUT2D eigenvalue weighted by molar-refractivity contribution is 0.0258. The van der Waals surface area contributed by atoms with E-state index in [0.717, 1.165) is 19.3 Å². The molecule has 0 N–H and O–H groups in total. The van der Waals surface area contributed by atoms with Gasteiger partial charge in [0, 0.05) is 36.9 Å². The Bertz CT molecular complexity index is 507. The summed E-state index contributed by atoms with van der Waals surface area (Å²) in [5, 5.41) is 0. The molecule has 2 saturated heterocycles. The van der Waals surface area contributed by atoms with Crippen LogP contribution in [0.4, 0.5) is 4.79 Å². The van der Waals surface area contributed by atoms with Gasteiger partial charge in [-0.2, -0.15) is 12.7 Å². The van der Waals surface area contributed by atoms with Gasteiger partial charge in [0.2, 0.25) is 0 Å². The van der Waals surface area contributed by atoms with Crippen LogP contribution in [0.3, 0.4) is 0 Å². The second-order valence-corrected chi connectivity index (χ2v) is 9.50. The summed E-state index contributed by atoms with van der Waals surface area (Å²) < 4.78 is 29.3. The summed E-state index contributed by atoms with van der Waals surface area (Å²) in [6, 6.07) is 0. The van der Waals surface area contributed by atoms with Crippen molar-refractivity contribution in [3.8, 4) is 0 Å². The highest BCUT2D eigenvalue weighted by Crippen LogP contribution is 2.41. The van der Waals surface area contributed by atoms with Gasteiger partial charge in [-0.3, -0.25) is 0 Å². The van der Waals surface area contributed by atoms with Crippen molar-refractivity contribution in [3.63, 3.8) is 0 Å². The zero-order chi connectivity index (χ0) is 15.9. The van der Waals surface area contributed by atoms with Gasteiger partial charge >= 0.3 is 6.09 Å². The molecule has 0 aromatic carbocycles. The van der Waals surface area contributed by atoms with E-state index >= 15 is 0 Å². The molecule has 0 saturated carbocycles. The molecule has 122 valence electrons. The minimum Gasteiger partial charge on any atom is -0.444 e. The van der Waals surface area contributed by atoms with Crippen molar-refractivity contribution >= 4 is 26.0 Å². The third kappa shape index (κ3) is 4.23. The smallest absolute Gasteiger partial charge is 0.410 e. The number of carbonyl (C=O) groups excluding carboxylic acids is 1. The number of hydrogen-bond donors (Lipinski definition) is 0. The Labute approximate surface area is 130 Å². The molecule has 0 atom stereocenters. The number of piperidine rings is 1. The van der Waals surface area contributed by atoms with Crippen LogP contribution in [0.2, 0.25) is 0 Å². The standard InChI is InChI=1S/C13H23ClN2O4S/c1-12(2,3)20-11(17)15-7-4-13(10-15)5-8-16(9-6-13)21(14,18)19/h4-10H2,1-3H3. The van der Waals surface area contributed by atoms with Crippen LogP contribution in [0.15, 0.2) is 0 Å². The van der Waals surface area contributed by atoms with Gasteiger partial charge < -0.3 is 9.64 Å². The predicted octanol–water partition coefficient (Wildman–Crippen LogP) is 2.19. The number of rotatable bonds is 1. The molecule has 0 bridgehead atoms. The van der Waals surface area contributed by atoms with E-state index in [0.29, 0.717) is 26.2 Å². The van der Waals surface area contributed by atoms with Gasteiger partial charge in [0.25, 0.3) is 9.24 Å². The number of carbonyl (C=O) groups is 1. The summed E-state index contributed by atoms with van der Waals surface area (Å²) >= 11 is 0. The number of nitrogens with zero attached hydrogens (tertiary/aromatic N) is 2. The molecule has 8 heteroatoms. The van der Waals surface area contributed by atoms with E-state index in [9.17, 15) is 13.2 Å². The van der Waals surface area contributed by atoms with Crippen LogP contribution in [0.25, 0.3) is 0 Å². The third-order valence-electron chi connectivity index (χ3n) is 4.18. The highest BCUT2D eigenvalue weighted by molar-refractivity contribution is 8.11. The van der Waals surface area contributed by atoms with Crippen LogP contribution in [-0.2, 0) is 14.0 Å². The maximum absolute atomic E-state index is 12.1.